The maximum atomic E-state index is 10.6. The molecular formula is C7H14NO2. The summed E-state index contributed by atoms with van der Waals surface area (Å²) in [5.74, 6) is 0.0177. The van der Waals surface area contributed by atoms with Crippen molar-refractivity contribution in [3.63, 3.8) is 0 Å². The Labute approximate surface area is 61.8 Å². The van der Waals surface area contributed by atoms with Gasteiger partial charge in [0.25, 0.3) is 0 Å². The summed E-state index contributed by atoms with van der Waals surface area (Å²) >= 11 is 0. The molecule has 1 radical (unpaired) electrons. The molecule has 0 aliphatic rings. The van der Waals surface area contributed by atoms with Crippen LogP contribution in [0, 0.1) is 6.92 Å². The summed E-state index contributed by atoms with van der Waals surface area (Å²) in [4.78, 5) is 10.6. The molecule has 3 nitrogen and oxygen atoms in total. The highest BCUT2D eigenvalue weighted by Gasteiger charge is 1.95. The molecule has 0 aliphatic heterocycles. The minimum absolute atomic E-state index is 0.0177. The molecule has 0 spiro atoms. The second-order valence-electron chi connectivity index (χ2n) is 1.89. The number of hydrogen-bond donors (Lipinski definition) is 1. The van der Waals surface area contributed by atoms with E-state index in [1.165, 1.54) is 0 Å². The Morgan fingerprint density at radius 2 is 2.30 bits per heavy atom. The van der Waals surface area contributed by atoms with Crippen LogP contribution in [0.1, 0.15) is 12.8 Å². The van der Waals surface area contributed by atoms with Crippen molar-refractivity contribution in [2.75, 3.05) is 20.3 Å². The molecule has 0 aromatic carbocycles. The van der Waals surface area contributed by atoms with Gasteiger partial charge in [0.2, 0.25) is 5.91 Å². The first-order chi connectivity index (χ1) is 4.81. The molecule has 1 N–H and O–H groups in total. The molecule has 3 heteroatoms. The Hall–Kier alpha value is -0.570. The fraction of sp³-hybridized carbons (Fsp3) is 0.714. The lowest BCUT2D eigenvalue weighted by Gasteiger charge is -2.00. The molecule has 59 valence electrons. The molecule has 0 rings (SSSR count). The van der Waals surface area contributed by atoms with Gasteiger partial charge in [-0.3, -0.25) is 4.79 Å². The predicted molar refractivity (Wildman–Crippen MR) is 39.5 cm³/mol. The molecule has 0 unspecified atom stereocenters. The van der Waals surface area contributed by atoms with Gasteiger partial charge in [-0.15, -0.1) is 0 Å². The third-order valence-corrected chi connectivity index (χ3v) is 1.04. The second kappa shape index (κ2) is 6.55. The SMILES string of the molecule is [CH2]CCOCCC(=O)NC. The highest BCUT2D eigenvalue weighted by molar-refractivity contribution is 5.75. The van der Waals surface area contributed by atoms with Crippen LogP contribution in [0.15, 0.2) is 0 Å². The molecule has 0 aromatic heterocycles. The van der Waals surface area contributed by atoms with E-state index in [0.29, 0.717) is 19.6 Å². The van der Waals surface area contributed by atoms with Crippen molar-refractivity contribution >= 4 is 5.91 Å². The maximum Gasteiger partial charge on any atom is 0.222 e. The zero-order valence-corrected chi connectivity index (χ0v) is 6.35. The van der Waals surface area contributed by atoms with Gasteiger partial charge in [-0.1, -0.05) is 6.92 Å². The van der Waals surface area contributed by atoms with Crippen molar-refractivity contribution in [1.82, 2.24) is 5.32 Å². The number of hydrogen-bond acceptors (Lipinski definition) is 2. The van der Waals surface area contributed by atoms with Crippen LogP contribution in [-0.4, -0.2) is 26.2 Å². The highest BCUT2D eigenvalue weighted by Crippen LogP contribution is 1.83. The number of amides is 1. The van der Waals surface area contributed by atoms with Crippen LogP contribution in [0.3, 0.4) is 0 Å². The molecule has 0 saturated heterocycles. The molecule has 0 aliphatic carbocycles. The third-order valence-electron chi connectivity index (χ3n) is 1.04. The minimum Gasteiger partial charge on any atom is -0.381 e. The van der Waals surface area contributed by atoms with Crippen LogP contribution < -0.4 is 5.32 Å². The Kier molecular flexibility index (Phi) is 6.18. The van der Waals surface area contributed by atoms with Crippen molar-refractivity contribution in [3.8, 4) is 0 Å². The van der Waals surface area contributed by atoms with Gasteiger partial charge < -0.3 is 10.1 Å². The Bertz CT molecular complexity index is 93.6. The van der Waals surface area contributed by atoms with E-state index in [-0.39, 0.29) is 5.91 Å². The molecule has 0 fully saturated rings. The van der Waals surface area contributed by atoms with E-state index < -0.39 is 0 Å². The number of rotatable bonds is 5. The van der Waals surface area contributed by atoms with Crippen LogP contribution >= 0.6 is 0 Å². The first-order valence-corrected chi connectivity index (χ1v) is 3.39. The molecule has 1 amide bonds. The molecule has 0 bridgehead atoms. The lowest BCUT2D eigenvalue weighted by Crippen LogP contribution is -2.19. The van der Waals surface area contributed by atoms with E-state index in [1.54, 1.807) is 7.05 Å². The summed E-state index contributed by atoms with van der Waals surface area (Å²) in [5.41, 5.74) is 0. The van der Waals surface area contributed by atoms with E-state index in [4.69, 9.17) is 4.74 Å². The topological polar surface area (TPSA) is 38.3 Å². The van der Waals surface area contributed by atoms with Crippen molar-refractivity contribution in [3.05, 3.63) is 6.92 Å². The molecule has 0 atom stereocenters. The van der Waals surface area contributed by atoms with Gasteiger partial charge in [-0.2, -0.15) is 0 Å². The molecule has 0 heterocycles. The fourth-order valence-electron chi connectivity index (χ4n) is 0.494. The van der Waals surface area contributed by atoms with E-state index >= 15 is 0 Å². The molecule has 10 heavy (non-hydrogen) atoms. The zero-order chi connectivity index (χ0) is 7.82. The van der Waals surface area contributed by atoms with Gasteiger partial charge in [-0.05, 0) is 6.42 Å². The van der Waals surface area contributed by atoms with Crippen molar-refractivity contribution in [2.45, 2.75) is 12.8 Å². The Morgan fingerprint density at radius 1 is 1.60 bits per heavy atom. The highest BCUT2D eigenvalue weighted by atomic mass is 16.5. The summed E-state index contributed by atoms with van der Waals surface area (Å²) in [5, 5.41) is 2.51. The van der Waals surface area contributed by atoms with E-state index in [9.17, 15) is 4.79 Å². The number of ether oxygens (including phenoxy) is 1. The molecule has 0 saturated carbocycles. The first kappa shape index (κ1) is 9.43. The normalized spacial score (nSPS) is 9.40. The van der Waals surface area contributed by atoms with Crippen LogP contribution in [0.2, 0.25) is 0 Å². The van der Waals surface area contributed by atoms with E-state index in [0.717, 1.165) is 6.42 Å². The fourth-order valence-corrected chi connectivity index (χ4v) is 0.494. The number of carbonyl (C=O) groups is 1. The summed E-state index contributed by atoms with van der Waals surface area (Å²) in [6, 6.07) is 0. The van der Waals surface area contributed by atoms with Crippen LogP contribution in [0.5, 0.6) is 0 Å². The Morgan fingerprint density at radius 3 is 2.80 bits per heavy atom. The van der Waals surface area contributed by atoms with Crippen molar-refractivity contribution in [1.29, 1.82) is 0 Å². The largest absolute Gasteiger partial charge is 0.381 e. The standard InChI is InChI=1S/C7H14NO2/c1-3-5-10-6-4-7(9)8-2/h1,3-6H2,2H3,(H,8,9). The van der Waals surface area contributed by atoms with Crippen molar-refractivity contribution < 1.29 is 9.53 Å². The monoisotopic (exact) mass is 144 g/mol. The summed E-state index contributed by atoms with van der Waals surface area (Å²) in [6.07, 6.45) is 1.20. The second-order valence-corrected chi connectivity index (χ2v) is 1.89. The summed E-state index contributed by atoms with van der Waals surface area (Å²) in [7, 11) is 1.61. The zero-order valence-electron chi connectivity index (χ0n) is 6.35. The minimum atomic E-state index is 0.0177. The van der Waals surface area contributed by atoms with E-state index in [1.807, 2.05) is 0 Å². The van der Waals surface area contributed by atoms with Gasteiger partial charge in [0, 0.05) is 20.1 Å². The van der Waals surface area contributed by atoms with Gasteiger partial charge in [0.15, 0.2) is 0 Å². The number of carbonyl (C=O) groups excluding carboxylic acids is 1. The van der Waals surface area contributed by atoms with Gasteiger partial charge >= 0.3 is 0 Å². The summed E-state index contributed by atoms with van der Waals surface area (Å²) in [6.45, 7) is 4.73. The molecule has 0 aromatic rings. The maximum absolute atomic E-state index is 10.6. The van der Waals surface area contributed by atoms with Gasteiger partial charge in [0.05, 0.1) is 6.61 Å². The van der Waals surface area contributed by atoms with E-state index in [2.05, 4.69) is 12.2 Å². The van der Waals surface area contributed by atoms with Crippen LogP contribution in [0.25, 0.3) is 0 Å². The third kappa shape index (κ3) is 5.56. The first-order valence-electron chi connectivity index (χ1n) is 3.39. The summed E-state index contributed by atoms with van der Waals surface area (Å²) < 4.78 is 5.03. The lowest BCUT2D eigenvalue weighted by molar-refractivity contribution is -0.121. The quantitative estimate of drug-likeness (QED) is 0.566. The average molecular weight is 144 g/mol. The predicted octanol–water partition coefficient (Wildman–Crippen LogP) is 0.363. The average Bonchev–Trinajstić information content (AvgIpc) is 1.98. The lowest BCUT2D eigenvalue weighted by atomic mass is 10.4. The smallest absolute Gasteiger partial charge is 0.222 e. The molecular weight excluding hydrogens is 130 g/mol. The van der Waals surface area contributed by atoms with Gasteiger partial charge in [0.1, 0.15) is 0 Å². The van der Waals surface area contributed by atoms with Crippen LogP contribution in [-0.2, 0) is 9.53 Å². The van der Waals surface area contributed by atoms with Crippen molar-refractivity contribution in [2.24, 2.45) is 0 Å². The van der Waals surface area contributed by atoms with Crippen LogP contribution in [0.4, 0.5) is 0 Å². The van der Waals surface area contributed by atoms with Gasteiger partial charge in [-0.25, -0.2) is 0 Å². The Balaban J connectivity index is 2.96. The number of nitrogens with one attached hydrogen (secondary N) is 1.